The highest BCUT2D eigenvalue weighted by atomic mass is 16.3. The lowest BCUT2D eigenvalue weighted by Gasteiger charge is -2.20. The highest BCUT2D eigenvalue weighted by molar-refractivity contribution is 5.91. The maximum atomic E-state index is 11.5. The van der Waals surface area contributed by atoms with Crippen LogP contribution in [0.5, 0.6) is 0 Å². The third-order valence-corrected chi connectivity index (χ3v) is 5.01. The molecule has 5 nitrogen and oxygen atoms in total. The van der Waals surface area contributed by atoms with Crippen molar-refractivity contribution in [1.29, 1.82) is 0 Å². The highest BCUT2D eigenvalue weighted by Crippen LogP contribution is 2.37. The number of hydrogen-bond donors (Lipinski definition) is 2. The second-order valence-electron chi connectivity index (χ2n) is 7.05. The van der Waals surface area contributed by atoms with Crippen LogP contribution < -0.4 is 5.73 Å². The van der Waals surface area contributed by atoms with E-state index in [2.05, 4.69) is 35.2 Å². The average Bonchev–Trinajstić information content (AvgIpc) is 2.94. The lowest BCUT2D eigenvalue weighted by atomic mass is 9.87. The molecule has 1 aromatic heterocycles. The lowest BCUT2D eigenvalue weighted by molar-refractivity contribution is 0.0995. The van der Waals surface area contributed by atoms with Crippen LogP contribution in [0.3, 0.4) is 0 Å². The van der Waals surface area contributed by atoms with Crippen LogP contribution in [0.15, 0.2) is 48.7 Å². The first-order valence-electron chi connectivity index (χ1n) is 8.78. The maximum absolute atomic E-state index is 11.5. The van der Waals surface area contributed by atoms with Gasteiger partial charge in [-0.3, -0.25) is 4.79 Å². The number of carbonyl (C=O) groups is 1. The number of aliphatic hydroxyl groups is 1. The number of pyridine rings is 1. The Labute approximate surface area is 159 Å². The molecule has 0 saturated carbocycles. The summed E-state index contributed by atoms with van der Waals surface area (Å²) >= 11 is 0. The Kier molecular flexibility index (Phi) is 5.02. The predicted octanol–water partition coefficient (Wildman–Crippen LogP) is 2.55. The average molecular weight is 361 g/mol. The zero-order valence-corrected chi connectivity index (χ0v) is 15.6. The van der Waals surface area contributed by atoms with Crippen molar-refractivity contribution in [3.8, 4) is 23.1 Å². The van der Waals surface area contributed by atoms with E-state index in [1.54, 1.807) is 6.07 Å². The molecule has 27 heavy (non-hydrogen) atoms. The summed E-state index contributed by atoms with van der Waals surface area (Å²) in [5.74, 6) is 5.98. The van der Waals surface area contributed by atoms with Crippen LogP contribution in [0.25, 0.3) is 11.3 Å². The van der Waals surface area contributed by atoms with Crippen molar-refractivity contribution in [2.24, 2.45) is 11.1 Å². The van der Waals surface area contributed by atoms with Gasteiger partial charge in [0, 0.05) is 30.4 Å². The summed E-state index contributed by atoms with van der Waals surface area (Å²) in [7, 11) is 2.03. The molecule has 0 radical (unpaired) electrons. The first-order chi connectivity index (χ1) is 12.8. The van der Waals surface area contributed by atoms with Gasteiger partial charge >= 0.3 is 0 Å². The van der Waals surface area contributed by atoms with E-state index >= 15 is 0 Å². The summed E-state index contributed by atoms with van der Waals surface area (Å²) in [4.78, 5) is 18.0. The van der Waals surface area contributed by atoms with Crippen molar-refractivity contribution in [3.05, 3.63) is 65.5 Å². The molecule has 2 heterocycles. The summed E-state index contributed by atoms with van der Waals surface area (Å²) < 4.78 is 0. The molecule has 1 aliphatic heterocycles. The Morgan fingerprint density at radius 2 is 2.19 bits per heavy atom. The summed E-state index contributed by atoms with van der Waals surface area (Å²) in [5, 5.41) is 9.44. The molecule has 1 fully saturated rings. The van der Waals surface area contributed by atoms with Gasteiger partial charge in [-0.25, -0.2) is 4.98 Å². The minimum Gasteiger partial charge on any atom is -0.392 e. The Hall–Kier alpha value is -3.10. The first-order valence-corrected chi connectivity index (χ1v) is 8.78. The second kappa shape index (κ2) is 7.26. The molecule has 3 N–H and O–H groups in total. The van der Waals surface area contributed by atoms with Crippen LogP contribution >= 0.6 is 0 Å². The fourth-order valence-electron chi connectivity index (χ4n) is 3.15. The number of nitrogens with two attached hydrogens (primary N) is 1. The molecular weight excluding hydrogens is 338 g/mol. The first kappa shape index (κ1) is 18.7. The van der Waals surface area contributed by atoms with E-state index in [1.807, 2.05) is 31.3 Å². The zero-order valence-electron chi connectivity index (χ0n) is 15.6. The van der Waals surface area contributed by atoms with Gasteiger partial charge in [0.05, 0.1) is 17.7 Å². The van der Waals surface area contributed by atoms with Gasteiger partial charge in [-0.1, -0.05) is 30.6 Å². The molecule has 0 bridgehead atoms. The monoisotopic (exact) mass is 361 g/mol. The van der Waals surface area contributed by atoms with Crippen molar-refractivity contribution in [3.63, 3.8) is 0 Å². The number of likely N-dealkylation sites (tertiary alicyclic amines) is 1. The lowest BCUT2D eigenvalue weighted by Crippen LogP contribution is -2.16. The van der Waals surface area contributed by atoms with Gasteiger partial charge in [-0.2, -0.15) is 0 Å². The molecule has 3 rings (SSSR count). The van der Waals surface area contributed by atoms with Crippen LogP contribution in [-0.4, -0.2) is 34.5 Å². The van der Waals surface area contributed by atoms with E-state index in [0.717, 1.165) is 29.8 Å². The molecule has 1 amide bonds. The number of aromatic nitrogens is 1. The Balaban J connectivity index is 1.96. The van der Waals surface area contributed by atoms with Gasteiger partial charge in [0.1, 0.15) is 5.69 Å². The number of rotatable bonds is 3. The SMILES string of the molecule is C=C1N(C)CC[C@@]1(C)C#Cc1cccc(-c2cc(CO)cc(C(N)=O)n2)c1. The van der Waals surface area contributed by atoms with Gasteiger partial charge in [0.15, 0.2) is 0 Å². The van der Waals surface area contributed by atoms with E-state index < -0.39 is 5.91 Å². The van der Waals surface area contributed by atoms with Crippen molar-refractivity contribution in [2.75, 3.05) is 13.6 Å². The van der Waals surface area contributed by atoms with E-state index in [-0.39, 0.29) is 17.7 Å². The minimum absolute atomic E-state index is 0.130. The molecule has 1 atom stereocenters. The number of primary amides is 1. The predicted molar refractivity (Wildman–Crippen MR) is 105 cm³/mol. The number of allylic oxidation sites excluding steroid dienone is 1. The van der Waals surface area contributed by atoms with Crippen LogP contribution in [0.1, 0.15) is 35.0 Å². The van der Waals surface area contributed by atoms with Gasteiger partial charge in [-0.15, -0.1) is 0 Å². The maximum Gasteiger partial charge on any atom is 0.267 e. The number of amides is 1. The fourth-order valence-corrected chi connectivity index (χ4v) is 3.15. The minimum atomic E-state index is -0.626. The van der Waals surface area contributed by atoms with Gasteiger partial charge in [0.2, 0.25) is 0 Å². The van der Waals surface area contributed by atoms with Gasteiger partial charge < -0.3 is 15.7 Å². The zero-order chi connectivity index (χ0) is 19.6. The molecule has 2 aromatic rings. The quantitative estimate of drug-likeness (QED) is 0.824. The van der Waals surface area contributed by atoms with Crippen LogP contribution in [0.2, 0.25) is 0 Å². The van der Waals surface area contributed by atoms with Crippen molar-refractivity contribution in [2.45, 2.75) is 20.0 Å². The number of benzene rings is 1. The van der Waals surface area contributed by atoms with Crippen LogP contribution in [-0.2, 0) is 6.61 Å². The molecular formula is C22H23N3O2. The number of carbonyl (C=O) groups excluding carboxylic acids is 1. The van der Waals surface area contributed by atoms with Crippen molar-refractivity contribution < 1.29 is 9.90 Å². The molecule has 138 valence electrons. The summed E-state index contributed by atoms with van der Waals surface area (Å²) in [6.07, 6.45) is 0.955. The number of nitrogens with zero attached hydrogens (tertiary/aromatic N) is 2. The van der Waals surface area contributed by atoms with E-state index in [4.69, 9.17) is 5.73 Å². The molecule has 0 aliphatic carbocycles. The number of aliphatic hydroxyl groups excluding tert-OH is 1. The Morgan fingerprint density at radius 3 is 2.81 bits per heavy atom. The third kappa shape index (κ3) is 3.86. The molecule has 5 heteroatoms. The standard InChI is InChI=1S/C22H23N3O2/c1-15-22(2,9-10-25(15)3)8-7-16-5-4-6-18(11-16)19-12-17(14-26)13-20(24-19)21(23)27/h4-6,11-13,26H,1,9-10,14H2,2-3H3,(H2,23,27)/t22-/m1/s1. The second-order valence-corrected chi connectivity index (χ2v) is 7.05. The summed E-state index contributed by atoms with van der Waals surface area (Å²) in [6.45, 7) is 7.03. The summed E-state index contributed by atoms with van der Waals surface area (Å²) in [6, 6.07) is 10.9. The van der Waals surface area contributed by atoms with Gasteiger partial charge in [0.25, 0.3) is 5.91 Å². The number of hydrogen-bond acceptors (Lipinski definition) is 4. The largest absolute Gasteiger partial charge is 0.392 e. The Bertz CT molecular complexity index is 971. The third-order valence-electron chi connectivity index (χ3n) is 5.01. The summed E-state index contributed by atoms with van der Waals surface area (Å²) in [5.41, 5.74) is 9.13. The molecule has 0 unspecified atom stereocenters. The van der Waals surface area contributed by atoms with Crippen LogP contribution in [0.4, 0.5) is 0 Å². The molecule has 1 aliphatic rings. The van der Waals surface area contributed by atoms with Gasteiger partial charge in [-0.05, 0) is 43.2 Å². The molecule has 1 saturated heterocycles. The normalized spacial score (nSPS) is 18.9. The van der Waals surface area contributed by atoms with Crippen LogP contribution in [0, 0.1) is 17.3 Å². The molecule has 0 spiro atoms. The van der Waals surface area contributed by atoms with E-state index in [9.17, 15) is 9.90 Å². The fraction of sp³-hybridized carbons (Fsp3) is 0.273. The van der Waals surface area contributed by atoms with E-state index in [1.165, 1.54) is 6.07 Å². The molecule has 1 aromatic carbocycles. The highest BCUT2D eigenvalue weighted by Gasteiger charge is 2.34. The van der Waals surface area contributed by atoms with E-state index in [0.29, 0.717) is 11.3 Å². The Morgan fingerprint density at radius 1 is 1.41 bits per heavy atom. The van der Waals surface area contributed by atoms with Crippen molar-refractivity contribution in [1.82, 2.24) is 9.88 Å². The smallest absolute Gasteiger partial charge is 0.267 e. The van der Waals surface area contributed by atoms with Crippen molar-refractivity contribution >= 4 is 5.91 Å². The topological polar surface area (TPSA) is 79.5 Å².